The number of rotatable bonds is 4. The molecule has 0 unspecified atom stereocenters. The van der Waals surface area contributed by atoms with Crippen LogP contribution in [0.4, 0.5) is 11.4 Å². The van der Waals surface area contributed by atoms with Crippen molar-refractivity contribution in [3.05, 3.63) is 57.6 Å². The number of phenolic OH excluding ortho intramolecular Hbond substituents is 1. The van der Waals surface area contributed by atoms with Crippen molar-refractivity contribution in [3.8, 4) is 11.5 Å². The number of aryl methyl sites for hydroxylation is 1. The maximum Gasteiger partial charge on any atom is 0.315 e. The molecule has 0 radical (unpaired) electrons. The summed E-state index contributed by atoms with van der Waals surface area (Å²) >= 11 is 0. The van der Waals surface area contributed by atoms with Crippen LogP contribution in [0.2, 0.25) is 0 Å². The number of ether oxygens (including phenoxy) is 1. The number of aromatic hydroxyl groups is 1. The van der Waals surface area contributed by atoms with Crippen LogP contribution in [0.3, 0.4) is 0 Å². The lowest BCUT2D eigenvalue weighted by Crippen LogP contribution is -2.24. The number of hydrogen-bond acceptors (Lipinski definition) is 6. The van der Waals surface area contributed by atoms with E-state index in [2.05, 4.69) is 11.2 Å². The SMILES string of the molecule is COc1cc(C=NN2CCCc3ccccc32)c(O)c([N+](=O)[O-])c1. The fraction of sp³-hybridized carbons (Fsp3) is 0.235. The van der Waals surface area contributed by atoms with Gasteiger partial charge in [0.05, 0.1) is 30.0 Å². The van der Waals surface area contributed by atoms with E-state index in [-0.39, 0.29) is 5.56 Å². The minimum atomic E-state index is -0.647. The molecule has 0 aromatic heterocycles. The Kier molecular flexibility index (Phi) is 4.33. The third kappa shape index (κ3) is 3.01. The molecule has 1 heterocycles. The second-order valence-electron chi connectivity index (χ2n) is 5.44. The van der Waals surface area contributed by atoms with Gasteiger partial charge in [-0.05, 0) is 30.5 Å². The number of hydrogen-bond donors (Lipinski definition) is 1. The van der Waals surface area contributed by atoms with Crippen LogP contribution in [0.5, 0.6) is 11.5 Å². The molecule has 2 aromatic carbocycles. The number of nitrogens with zero attached hydrogens (tertiary/aromatic N) is 3. The second-order valence-corrected chi connectivity index (χ2v) is 5.44. The summed E-state index contributed by atoms with van der Waals surface area (Å²) in [6.45, 7) is 0.750. The van der Waals surface area contributed by atoms with Gasteiger partial charge in [-0.25, -0.2) is 0 Å². The van der Waals surface area contributed by atoms with E-state index in [1.807, 2.05) is 23.2 Å². The van der Waals surface area contributed by atoms with Gasteiger partial charge in [-0.3, -0.25) is 15.1 Å². The molecule has 0 bridgehead atoms. The number of phenols is 1. The molecular formula is C17H17N3O4. The summed E-state index contributed by atoms with van der Waals surface area (Å²) in [6.07, 6.45) is 3.39. The Morgan fingerprint density at radius 1 is 1.38 bits per heavy atom. The van der Waals surface area contributed by atoms with Gasteiger partial charge >= 0.3 is 5.69 Å². The molecule has 0 amide bonds. The number of fused-ring (bicyclic) bond motifs is 1. The molecule has 3 rings (SSSR count). The Labute approximate surface area is 138 Å². The molecule has 1 aliphatic heterocycles. The summed E-state index contributed by atoms with van der Waals surface area (Å²) in [5.41, 5.74) is 2.05. The summed E-state index contributed by atoms with van der Waals surface area (Å²) in [4.78, 5) is 10.4. The summed E-state index contributed by atoms with van der Waals surface area (Å²) in [5.74, 6) is -0.130. The zero-order valence-electron chi connectivity index (χ0n) is 13.2. The topological polar surface area (TPSA) is 88.2 Å². The average molecular weight is 327 g/mol. The van der Waals surface area contributed by atoms with Crippen molar-refractivity contribution in [1.82, 2.24) is 0 Å². The molecule has 1 aliphatic rings. The first-order valence-electron chi connectivity index (χ1n) is 7.55. The number of hydrazone groups is 1. The monoisotopic (exact) mass is 327 g/mol. The first-order chi connectivity index (χ1) is 11.6. The van der Waals surface area contributed by atoms with Gasteiger partial charge in [0.25, 0.3) is 0 Å². The lowest BCUT2D eigenvalue weighted by Gasteiger charge is -2.26. The first kappa shape index (κ1) is 15.8. The molecule has 24 heavy (non-hydrogen) atoms. The van der Waals surface area contributed by atoms with Crippen LogP contribution in [-0.4, -0.2) is 29.9 Å². The van der Waals surface area contributed by atoms with Gasteiger partial charge in [-0.2, -0.15) is 5.10 Å². The smallest absolute Gasteiger partial charge is 0.315 e. The first-order valence-corrected chi connectivity index (χ1v) is 7.55. The molecule has 0 saturated heterocycles. The molecule has 124 valence electrons. The van der Waals surface area contributed by atoms with Crippen molar-refractivity contribution < 1.29 is 14.8 Å². The molecule has 0 atom stereocenters. The maximum absolute atomic E-state index is 11.0. The summed E-state index contributed by atoms with van der Waals surface area (Å²) < 4.78 is 5.06. The van der Waals surface area contributed by atoms with Gasteiger partial charge in [0.15, 0.2) is 0 Å². The number of methoxy groups -OCH3 is 1. The van der Waals surface area contributed by atoms with Gasteiger partial charge in [0.2, 0.25) is 5.75 Å². The van der Waals surface area contributed by atoms with Crippen LogP contribution >= 0.6 is 0 Å². The number of anilines is 1. The molecule has 2 aromatic rings. The standard InChI is InChI=1S/C17H17N3O4/c1-24-14-9-13(17(21)16(10-14)20(22)23)11-18-19-8-4-6-12-5-2-3-7-15(12)19/h2-3,5,7,9-11,21H,4,6,8H2,1H3. The van der Waals surface area contributed by atoms with Gasteiger partial charge in [-0.1, -0.05) is 18.2 Å². The van der Waals surface area contributed by atoms with E-state index < -0.39 is 16.4 Å². The fourth-order valence-electron chi connectivity index (χ4n) is 2.74. The Morgan fingerprint density at radius 2 is 2.17 bits per heavy atom. The summed E-state index contributed by atoms with van der Waals surface area (Å²) in [5, 5.41) is 27.4. The van der Waals surface area contributed by atoms with Crippen molar-refractivity contribution in [1.29, 1.82) is 0 Å². The molecule has 0 fully saturated rings. The van der Waals surface area contributed by atoms with E-state index in [1.54, 1.807) is 0 Å². The van der Waals surface area contributed by atoms with E-state index in [0.29, 0.717) is 5.75 Å². The van der Waals surface area contributed by atoms with Gasteiger partial charge in [0, 0.05) is 12.1 Å². The Balaban J connectivity index is 1.96. The largest absolute Gasteiger partial charge is 0.502 e. The fourth-order valence-corrected chi connectivity index (χ4v) is 2.74. The molecular weight excluding hydrogens is 310 g/mol. The van der Waals surface area contributed by atoms with Crippen LogP contribution in [0.1, 0.15) is 17.5 Å². The van der Waals surface area contributed by atoms with Gasteiger partial charge in [0.1, 0.15) is 5.75 Å². The van der Waals surface area contributed by atoms with Crippen molar-refractivity contribution in [3.63, 3.8) is 0 Å². The predicted molar refractivity (Wildman–Crippen MR) is 91.0 cm³/mol. The molecule has 0 spiro atoms. The molecule has 7 nitrogen and oxygen atoms in total. The number of benzene rings is 2. The van der Waals surface area contributed by atoms with Crippen molar-refractivity contribution >= 4 is 17.6 Å². The zero-order valence-corrected chi connectivity index (χ0v) is 13.2. The molecule has 7 heteroatoms. The highest BCUT2D eigenvalue weighted by Gasteiger charge is 2.20. The second kappa shape index (κ2) is 6.57. The third-order valence-corrected chi connectivity index (χ3v) is 3.95. The normalized spacial score (nSPS) is 13.8. The van der Waals surface area contributed by atoms with Gasteiger partial charge < -0.3 is 9.84 Å². The van der Waals surface area contributed by atoms with Crippen molar-refractivity contribution in [2.24, 2.45) is 5.10 Å². The van der Waals surface area contributed by atoms with Crippen LogP contribution in [0, 0.1) is 10.1 Å². The van der Waals surface area contributed by atoms with Crippen LogP contribution in [-0.2, 0) is 6.42 Å². The summed E-state index contributed by atoms with van der Waals surface area (Å²) in [6, 6.07) is 10.7. The summed E-state index contributed by atoms with van der Waals surface area (Å²) in [7, 11) is 1.41. The van der Waals surface area contributed by atoms with Crippen LogP contribution < -0.4 is 9.75 Å². The lowest BCUT2D eigenvalue weighted by atomic mass is 10.0. The number of nitro groups is 1. The van der Waals surface area contributed by atoms with E-state index in [9.17, 15) is 15.2 Å². The number of para-hydroxylation sites is 1. The highest BCUT2D eigenvalue weighted by Crippen LogP contribution is 2.34. The quantitative estimate of drug-likeness (QED) is 0.529. The zero-order chi connectivity index (χ0) is 17.1. The Morgan fingerprint density at radius 3 is 2.92 bits per heavy atom. The minimum Gasteiger partial charge on any atom is -0.502 e. The number of nitro benzene ring substituents is 1. The minimum absolute atomic E-state index is 0.240. The molecule has 1 N–H and O–H groups in total. The van der Waals surface area contributed by atoms with Crippen LogP contribution in [0.15, 0.2) is 41.5 Å². The average Bonchev–Trinajstić information content (AvgIpc) is 2.60. The highest BCUT2D eigenvalue weighted by atomic mass is 16.6. The molecule has 0 saturated carbocycles. The highest BCUT2D eigenvalue weighted by molar-refractivity contribution is 5.87. The predicted octanol–water partition coefficient (Wildman–Crippen LogP) is 3.10. The Hall–Kier alpha value is -3.09. The molecule has 0 aliphatic carbocycles. The van der Waals surface area contributed by atoms with E-state index in [0.717, 1.165) is 25.1 Å². The Bertz CT molecular complexity index is 804. The van der Waals surface area contributed by atoms with Crippen molar-refractivity contribution in [2.75, 3.05) is 18.7 Å². The van der Waals surface area contributed by atoms with Crippen LogP contribution in [0.25, 0.3) is 0 Å². The van der Waals surface area contributed by atoms with E-state index in [1.165, 1.54) is 31.0 Å². The maximum atomic E-state index is 11.0. The lowest BCUT2D eigenvalue weighted by molar-refractivity contribution is -0.385. The van der Waals surface area contributed by atoms with Gasteiger partial charge in [-0.15, -0.1) is 0 Å². The van der Waals surface area contributed by atoms with E-state index >= 15 is 0 Å². The van der Waals surface area contributed by atoms with E-state index in [4.69, 9.17) is 4.74 Å². The third-order valence-electron chi connectivity index (χ3n) is 3.95. The van der Waals surface area contributed by atoms with Crippen molar-refractivity contribution in [2.45, 2.75) is 12.8 Å².